The Hall–Kier alpha value is -2.82. The molecule has 0 radical (unpaired) electrons. The molecule has 0 bridgehead atoms. The van der Waals surface area contributed by atoms with Gasteiger partial charge in [0.25, 0.3) is 0 Å². The van der Waals surface area contributed by atoms with E-state index in [0.29, 0.717) is 33.7 Å². The van der Waals surface area contributed by atoms with Crippen molar-refractivity contribution >= 4 is 37.4 Å². The third-order valence-corrected chi connectivity index (χ3v) is 7.14. The number of hydrogen-bond donors (Lipinski definition) is 1. The van der Waals surface area contributed by atoms with E-state index < -0.39 is 10.0 Å². The number of aromatic nitrogens is 3. The van der Waals surface area contributed by atoms with Crippen molar-refractivity contribution < 1.29 is 12.8 Å². The molecule has 0 unspecified atom stereocenters. The number of sulfonamides is 1. The average molecular weight is 504 g/mol. The number of fused-ring (bicyclic) bond motifs is 1. The maximum atomic E-state index is 14.3. The van der Waals surface area contributed by atoms with Crippen molar-refractivity contribution in [3.05, 3.63) is 76.6 Å². The van der Waals surface area contributed by atoms with Crippen molar-refractivity contribution in [3.63, 3.8) is 0 Å². The van der Waals surface area contributed by atoms with Crippen LogP contribution < -0.4 is 5.32 Å². The number of nitrogens with zero attached hydrogens (tertiary/aromatic N) is 4. The molecule has 4 aromatic rings. The summed E-state index contributed by atoms with van der Waals surface area (Å²) in [4.78, 5) is 4.77. The van der Waals surface area contributed by atoms with E-state index in [4.69, 9.17) is 0 Å². The SMILES string of the molecule is CN(C)S(=O)(=O)c1ccc(CNc2cc(-c3ccccc3F)nc3c(Br)cnn23)cc1. The van der Waals surface area contributed by atoms with E-state index in [2.05, 4.69) is 31.3 Å². The quantitative estimate of drug-likeness (QED) is 0.427. The molecule has 0 fully saturated rings. The highest BCUT2D eigenvalue weighted by Gasteiger charge is 2.17. The summed E-state index contributed by atoms with van der Waals surface area (Å²) in [5.41, 5.74) is 2.29. The Kier molecular flexibility index (Phi) is 5.78. The van der Waals surface area contributed by atoms with Gasteiger partial charge < -0.3 is 5.32 Å². The van der Waals surface area contributed by atoms with Gasteiger partial charge in [0.05, 0.1) is 21.3 Å². The molecule has 2 heterocycles. The van der Waals surface area contributed by atoms with E-state index in [-0.39, 0.29) is 10.7 Å². The van der Waals surface area contributed by atoms with Crippen LogP contribution in [-0.4, -0.2) is 41.4 Å². The van der Waals surface area contributed by atoms with Gasteiger partial charge in [-0.25, -0.2) is 22.1 Å². The fraction of sp³-hybridized carbons (Fsp3) is 0.143. The van der Waals surface area contributed by atoms with Gasteiger partial charge in [0.2, 0.25) is 10.0 Å². The monoisotopic (exact) mass is 503 g/mol. The van der Waals surface area contributed by atoms with Crippen molar-refractivity contribution in [3.8, 4) is 11.3 Å². The topological polar surface area (TPSA) is 79.6 Å². The zero-order valence-electron chi connectivity index (χ0n) is 16.8. The smallest absolute Gasteiger partial charge is 0.242 e. The molecule has 31 heavy (non-hydrogen) atoms. The van der Waals surface area contributed by atoms with Crippen LogP contribution in [0.15, 0.2) is 70.2 Å². The van der Waals surface area contributed by atoms with Gasteiger partial charge in [-0.3, -0.25) is 0 Å². The Balaban J connectivity index is 1.65. The molecule has 7 nitrogen and oxygen atoms in total. The number of halogens is 2. The molecule has 0 atom stereocenters. The Bertz CT molecular complexity index is 1350. The van der Waals surface area contributed by atoms with Gasteiger partial charge in [0.1, 0.15) is 11.6 Å². The highest BCUT2D eigenvalue weighted by atomic mass is 79.9. The van der Waals surface area contributed by atoms with Gasteiger partial charge >= 0.3 is 0 Å². The van der Waals surface area contributed by atoms with Gasteiger partial charge in [-0.05, 0) is 45.8 Å². The summed E-state index contributed by atoms with van der Waals surface area (Å²) in [5.74, 6) is 0.262. The summed E-state index contributed by atoms with van der Waals surface area (Å²) in [5, 5.41) is 7.60. The maximum Gasteiger partial charge on any atom is 0.242 e. The summed E-state index contributed by atoms with van der Waals surface area (Å²) in [6, 6.07) is 14.8. The standard InChI is InChI=1S/C21H19BrFN5O2S/c1-27(2)31(29,30)15-9-7-14(8-10-15)12-24-20-11-19(16-5-3-4-6-18(16)23)26-21-17(22)13-25-28(20)21/h3-11,13,24H,12H2,1-2H3. The maximum absolute atomic E-state index is 14.3. The Morgan fingerprint density at radius 1 is 1.13 bits per heavy atom. The predicted molar refractivity (Wildman–Crippen MR) is 121 cm³/mol. The van der Waals surface area contributed by atoms with E-state index in [9.17, 15) is 12.8 Å². The van der Waals surface area contributed by atoms with Crippen molar-refractivity contribution in [1.29, 1.82) is 0 Å². The largest absolute Gasteiger partial charge is 0.366 e. The van der Waals surface area contributed by atoms with Crippen molar-refractivity contribution in [2.24, 2.45) is 0 Å². The van der Waals surface area contributed by atoms with Crippen LogP contribution in [0.2, 0.25) is 0 Å². The first-order chi connectivity index (χ1) is 14.8. The second kappa shape index (κ2) is 8.37. The van der Waals surface area contributed by atoms with E-state index >= 15 is 0 Å². The average Bonchev–Trinajstić information content (AvgIpc) is 3.13. The molecule has 2 aromatic carbocycles. The molecule has 10 heteroatoms. The third-order valence-electron chi connectivity index (χ3n) is 4.75. The molecule has 0 saturated carbocycles. The number of hydrogen-bond acceptors (Lipinski definition) is 5. The van der Waals surface area contributed by atoms with Crippen LogP contribution in [0.4, 0.5) is 10.2 Å². The molecule has 0 spiro atoms. The summed E-state index contributed by atoms with van der Waals surface area (Å²) >= 11 is 3.43. The molecule has 0 aliphatic heterocycles. The fourth-order valence-corrected chi connectivity index (χ4v) is 4.30. The van der Waals surface area contributed by atoms with Gasteiger partial charge in [0, 0.05) is 32.3 Å². The molecule has 0 aliphatic rings. The minimum atomic E-state index is -3.48. The van der Waals surface area contributed by atoms with Crippen molar-refractivity contribution in [2.75, 3.05) is 19.4 Å². The molecule has 160 valence electrons. The van der Waals surface area contributed by atoms with Crippen LogP contribution >= 0.6 is 15.9 Å². The predicted octanol–water partition coefficient (Wildman–Crippen LogP) is 4.16. The Labute approximate surface area is 187 Å². The van der Waals surface area contributed by atoms with Crippen LogP contribution in [0, 0.1) is 5.82 Å². The zero-order chi connectivity index (χ0) is 22.2. The second-order valence-corrected chi connectivity index (χ2v) is 10.0. The van der Waals surface area contributed by atoms with Crippen LogP contribution in [0.1, 0.15) is 5.56 Å². The zero-order valence-corrected chi connectivity index (χ0v) is 19.2. The Morgan fingerprint density at radius 2 is 1.84 bits per heavy atom. The lowest BCUT2D eigenvalue weighted by Gasteiger charge is -2.13. The highest BCUT2D eigenvalue weighted by Crippen LogP contribution is 2.27. The van der Waals surface area contributed by atoms with Crippen LogP contribution in [-0.2, 0) is 16.6 Å². The molecule has 4 rings (SSSR count). The number of nitrogens with one attached hydrogen (secondary N) is 1. The Morgan fingerprint density at radius 3 is 2.52 bits per heavy atom. The minimum absolute atomic E-state index is 0.227. The summed E-state index contributed by atoms with van der Waals surface area (Å²) in [6.07, 6.45) is 1.62. The normalized spacial score (nSPS) is 11.9. The number of anilines is 1. The van der Waals surface area contributed by atoms with Crippen LogP contribution in [0.3, 0.4) is 0 Å². The van der Waals surface area contributed by atoms with Crippen molar-refractivity contribution in [1.82, 2.24) is 18.9 Å². The summed E-state index contributed by atoms with van der Waals surface area (Å²) in [7, 11) is -0.488. The molecular weight excluding hydrogens is 485 g/mol. The van der Waals surface area contributed by atoms with Gasteiger partial charge in [0.15, 0.2) is 5.65 Å². The highest BCUT2D eigenvalue weighted by molar-refractivity contribution is 9.10. The second-order valence-electron chi connectivity index (χ2n) is 7.02. The first kappa shape index (κ1) is 21.4. The molecular formula is C21H19BrFN5O2S. The fourth-order valence-electron chi connectivity index (χ4n) is 3.05. The van der Waals surface area contributed by atoms with Gasteiger partial charge in [-0.1, -0.05) is 24.3 Å². The first-order valence-corrected chi connectivity index (χ1v) is 11.5. The number of rotatable bonds is 6. The molecule has 1 N–H and O–H groups in total. The number of benzene rings is 2. The minimum Gasteiger partial charge on any atom is -0.366 e. The summed E-state index contributed by atoms with van der Waals surface area (Å²) in [6.45, 7) is 0.412. The van der Waals surface area contributed by atoms with E-state index in [1.165, 1.54) is 24.5 Å². The van der Waals surface area contributed by atoms with Crippen LogP contribution in [0.25, 0.3) is 16.9 Å². The third kappa shape index (κ3) is 4.18. The van der Waals surface area contributed by atoms with Gasteiger partial charge in [-0.15, -0.1) is 0 Å². The molecule has 0 amide bonds. The molecule has 0 saturated heterocycles. The molecule has 0 aliphatic carbocycles. The van der Waals surface area contributed by atoms with Crippen LogP contribution in [0.5, 0.6) is 0 Å². The van der Waals surface area contributed by atoms with Gasteiger partial charge in [-0.2, -0.15) is 9.61 Å². The van der Waals surface area contributed by atoms with E-state index in [0.717, 1.165) is 5.56 Å². The van der Waals surface area contributed by atoms with E-state index in [1.54, 1.807) is 59.2 Å². The molecule has 2 aromatic heterocycles. The lowest BCUT2D eigenvalue weighted by molar-refractivity contribution is 0.520. The first-order valence-electron chi connectivity index (χ1n) is 9.32. The summed E-state index contributed by atoms with van der Waals surface area (Å²) < 4.78 is 42.3. The lowest BCUT2D eigenvalue weighted by atomic mass is 10.1. The van der Waals surface area contributed by atoms with E-state index in [1.807, 2.05) is 0 Å². The lowest BCUT2D eigenvalue weighted by Crippen LogP contribution is -2.22. The van der Waals surface area contributed by atoms with Crippen molar-refractivity contribution in [2.45, 2.75) is 11.4 Å².